The molecule has 0 spiro atoms. The van der Waals surface area contributed by atoms with Gasteiger partial charge in [-0.2, -0.15) is 0 Å². The number of carbonyl (C=O) groups excluding carboxylic acids is 1. The molecule has 0 bridgehead atoms. The Balaban J connectivity index is 2.48. The van der Waals surface area contributed by atoms with Gasteiger partial charge >= 0.3 is 0 Å². The highest BCUT2D eigenvalue weighted by atomic mass is 32.2. The topological polar surface area (TPSA) is 66.5 Å². The first kappa shape index (κ1) is 22.0. The summed E-state index contributed by atoms with van der Waals surface area (Å²) in [6.07, 6.45) is 0. The fourth-order valence-corrected chi connectivity index (χ4v) is 4.22. The average Bonchev–Trinajstić information content (AvgIpc) is 2.62. The van der Waals surface area contributed by atoms with Gasteiger partial charge in [0, 0.05) is 6.04 Å². The van der Waals surface area contributed by atoms with Crippen molar-refractivity contribution >= 4 is 21.6 Å². The van der Waals surface area contributed by atoms with E-state index < -0.39 is 10.0 Å². The summed E-state index contributed by atoms with van der Waals surface area (Å²) in [4.78, 5) is 12.8. The van der Waals surface area contributed by atoms with Crippen molar-refractivity contribution in [3.05, 3.63) is 59.2 Å². The number of nitrogens with zero attached hydrogens (tertiary/aromatic N) is 1. The summed E-state index contributed by atoms with van der Waals surface area (Å²) in [7, 11) is -3.89. The molecule has 28 heavy (non-hydrogen) atoms. The van der Waals surface area contributed by atoms with Gasteiger partial charge in [-0.15, -0.1) is 0 Å². The predicted molar refractivity (Wildman–Crippen MR) is 114 cm³/mol. The normalized spacial score (nSPS) is 12.7. The summed E-state index contributed by atoms with van der Waals surface area (Å²) in [5, 5.41) is 2.90. The van der Waals surface area contributed by atoms with Crippen LogP contribution in [0.2, 0.25) is 0 Å². The third kappa shape index (κ3) is 4.93. The zero-order chi connectivity index (χ0) is 21.1. The maximum Gasteiger partial charge on any atom is 0.264 e. The van der Waals surface area contributed by atoms with Crippen LogP contribution in [0.5, 0.6) is 0 Å². The molecule has 2 aromatic rings. The van der Waals surface area contributed by atoms with E-state index in [2.05, 4.69) is 5.32 Å². The van der Waals surface area contributed by atoms with Crippen molar-refractivity contribution in [1.82, 2.24) is 5.32 Å². The number of benzene rings is 2. The van der Waals surface area contributed by atoms with Crippen LogP contribution in [0.25, 0.3) is 0 Å². The summed E-state index contributed by atoms with van der Waals surface area (Å²) in [6.45, 7) is 11.4. The van der Waals surface area contributed by atoms with Crippen LogP contribution in [0.15, 0.2) is 47.4 Å². The summed E-state index contributed by atoms with van der Waals surface area (Å²) in [5.74, 6) is -0.0652. The fourth-order valence-electron chi connectivity index (χ4n) is 2.74. The van der Waals surface area contributed by atoms with Crippen LogP contribution in [-0.4, -0.2) is 26.9 Å². The lowest BCUT2D eigenvalue weighted by Gasteiger charge is -2.27. The number of hydrogen-bond acceptors (Lipinski definition) is 3. The van der Waals surface area contributed by atoms with Crippen molar-refractivity contribution in [2.45, 2.75) is 52.5 Å². The molecule has 0 aliphatic rings. The van der Waals surface area contributed by atoms with Crippen molar-refractivity contribution in [2.24, 2.45) is 5.92 Å². The predicted octanol–water partition coefficient (Wildman–Crippen LogP) is 3.97. The van der Waals surface area contributed by atoms with Crippen LogP contribution in [0.3, 0.4) is 0 Å². The standard InChI is InChI=1S/C22H30N2O3S/c1-15(2)19(6)23-22(25)14-24(21-9-7-8-17(4)18(21)5)28(26,27)20-12-10-16(3)11-13-20/h7-13,15,19H,14H2,1-6H3,(H,23,25)/t19-/m1/s1. The first-order valence-corrected chi connectivity index (χ1v) is 10.9. The Morgan fingerprint density at radius 2 is 1.61 bits per heavy atom. The molecule has 152 valence electrons. The van der Waals surface area contributed by atoms with Crippen LogP contribution in [0.1, 0.15) is 37.5 Å². The molecule has 1 N–H and O–H groups in total. The largest absolute Gasteiger partial charge is 0.352 e. The van der Waals surface area contributed by atoms with Crippen LogP contribution in [0, 0.1) is 26.7 Å². The van der Waals surface area contributed by atoms with E-state index in [1.54, 1.807) is 30.3 Å². The number of aryl methyl sites for hydroxylation is 2. The van der Waals surface area contributed by atoms with Crippen molar-refractivity contribution in [1.29, 1.82) is 0 Å². The summed E-state index contributed by atoms with van der Waals surface area (Å²) in [6, 6.07) is 12.1. The summed E-state index contributed by atoms with van der Waals surface area (Å²) in [5.41, 5.74) is 3.30. The number of sulfonamides is 1. The second-order valence-corrected chi connectivity index (χ2v) is 9.51. The van der Waals surface area contributed by atoms with Gasteiger partial charge in [-0.25, -0.2) is 8.42 Å². The molecule has 0 unspecified atom stereocenters. The highest BCUT2D eigenvalue weighted by molar-refractivity contribution is 7.92. The second-order valence-electron chi connectivity index (χ2n) is 7.64. The minimum atomic E-state index is -3.89. The van der Waals surface area contributed by atoms with E-state index in [1.807, 2.05) is 53.7 Å². The minimum Gasteiger partial charge on any atom is -0.352 e. The van der Waals surface area contributed by atoms with Crippen LogP contribution in [0.4, 0.5) is 5.69 Å². The Labute approximate surface area is 168 Å². The lowest BCUT2D eigenvalue weighted by molar-refractivity contribution is -0.120. The molecule has 0 saturated carbocycles. The average molecular weight is 403 g/mol. The van der Waals surface area contributed by atoms with E-state index in [4.69, 9.17) is 0 Å². The van der Waals surface area contributed by atoms with Gasteiger partial charge in [0.05, 0.1) is 10.6 Å². The number of anilines is 1. The van der Waals surface area contributed by atoms with Gasteiger partial charge in [-0.3, -0.25) is 9.10 Å². The fraction of sp³-hybridized carbons (Fsp3) is 0.409. The smallest absolute Gasteiger partial charge is 0.264 e. The monoisotopic (exact) mass is 402 g/mol. The first-order chi connectivity index (χ1) is 13.0. The molecule has 0 aromatic heterocycles. The molecular formula is C22H30N2O3S. The van der Waals surface area contributed by atoms with E-state index in [1.165, 1.54) is 4.31 Å². The van der Waals surface area contributed by atoms with Crippen LogP contribution < -0.4 is 9.62 Å². The van der Waals surface area contributed by atoms with Crippen molar-refractivity contribution in [3.8, 4) is 0 Å². The molecule has 6 heteroatoms. The van der Waals surface area contributed by atoms with Gasteiger partial charge in [0.1, 0.15) is 6.54 Å². The highest BCUT2D eigenvalue weighted by Crippen LogP contribution is 2.28. The second kappa shape index (κ2) is 8.78. The van der Waals surface area contributed by atoms with Crippen LogP contribution in [-0.2, 0) is 14.8 Å². The van der Waals surface area contributed by atoms with E-state index >= 15 is 0 Å². The Morgan fingerprint density at radius 1 is 1.00 bits per heavy atom. The molecule has 0 heterocycles. The molecule has 2 aromatic carbocycles. The van der Waals surface area contributed by atoms with Gasteiger partial charge in [-0.05, 0) is 62.9 Å². The first-order valence-electron chi connectivity index (χ1n) is 9.49. The van der Waals surface area contributed by atoms with E-state index in [0.717, 1.165) is 16.7 Å². The molecule has 0 radical (unpaired) electrons. The van der Waals surface area contributed by atoms with Gasteiger partial charge in [0.2, 0.25) is 5.91 Å². The lowest BCUT2D eigenvalue weighted by atomic mass is 10.1. The van der Waals surface area contributed by atoms with E-state index in [-0.39, 0.29) is 29.3 Å². The zero-order valence-electron chi connectivity index (χ0n) is 17.5. The van der Waals surface area contributed by atoms with E-state index in [9.17, 15) is 13.2 Å². The Bertz CT molecular complexity index is 935. The SMILES string of the molecule is Cc1ccc(S(=O)(=O)N(CC(=O)N[C@H](C)C(C)C)c2cccc(C)c2C)cc1. The van der Waals surface area contributed by atoms with Gasteiger partial charge in [0.15, 0.2) is 0 Å². The molecule has 2 rings (SSSR count). The summed E-state index contributed by atoms with van der Waals surface area (Å²) < 4.78 is 28.0. The highest BCUT2D eigenvalue weighted by Gasteiger charge is 2.29. The zero-order valence-corrected chi connectivity index (χ0v) is 18.3. The number of rotatable bonds is 7. The molecule has 5 nitrogen and oxygen atoms in total. The Hall–Kier alpha value is -2.34. The van der Waals surface area contributed by atoms with Gasteiger partial charge in [0.25, 0.3) is 10.0 Å². The number of hydrogen-bond donors (Lipinski definition) is 1. The lowest BCUT2D eigenvalue weighted by Crippen LogP contribution is -2.45. The quantitative estimate of drug-likeness (QED) is 0.762. The molecule has 0 saturated heterocycles. The maximum absolute atomic E-state index is 13.4. The summed E-state index contributed by atoms with van der Waals surface area (Å²) >= 11 is 0. The minimum absolute atomic E-state index is 0.0463. The van der Waals surface area contributed by atoms with Crippen molar-refractivity contribution < 1.29 is 13.2 Å². The van der Waals surface area contributed by atoms with Crippen molar-refractivity contribution in [3.63, 3.8) is 0 Å². The molecule has 1 atom stereocenters. The maximum atomic E-state index is 13.4. The molecule has 0 fully saturated rings. The molecule has 0 aliphatic carbocycles. The Morgan fingerprint density at radius 3 is 2.18 bits per heavy atom. The molecular weight excluding hydrogens is 372 g/mol. The third-order valence-corrected chi connectivity index (χ3v) is 6.90. The molecule has 0 aliphatic heterocycles. The van der Waals surface area contributed by atoms with Gasteiger partial charge in [-0.1, -0.05) is 43.7 Å². The van der Waals surface area contributed by atoms with E-state index in [0.29, 0.717) is 5.69 Å². The number of amides is 1. The number of carbonyl (C=O) groups is 1. The Kier molecular flexibility index (Phi) is 6.88. The van der Waals surface area contributed by atoms with Crippen LogP contribution >= 0.6 is 0 Å². The third-order valence-electron chi connectivity index (χ3n) is 5.13. The number of nitrogens with one attached hydrogen (secondary N) is 1. The molecule has 1 amide bonds. The van der Waals surface area contributed by atoms with Gasteiger partial charge < -0.3 is 5.32 Å². The van der Waals surface area contributed by atoms with Crippen molar-refractivity contribution in [2.75, 3.05) is 10.8 Å².